The molecular formula is C12H19ClN2O3. The van der Waals surface area contributed by atoms with Gasteiger partial charge in [0, 0.05) is 13.3 Å². The summed E-state index contributed by atoms with van der Waals surface area (Å²) in [4.78, 5) is 11.2. The molecule has 1 rings (SSSR count). The third-order valence-corrected chi connectivity index (χ3v) is 2.64. The smallest absolute Gasteiger partial charge is 0.278 e. The van der Waals surface area contributed by atoms with E-state index < -0.39 is 11.4 Å². The number of primary amides is 1. The van der Waals surface area contributed by atoms with Crippen LogP contribution in [0.25, 0.3) is 0 Å². The van der Waals surface area contributed by atoms with Gasteiger partial charge in [-0.1, -0.05) is 6.07 Å². The number of carbonyl (C=O) groups excluding carboxylic acids is 1. The van der Waals surface area contributed by atoms with Crippen molar-refractivity contribution in [2.75, 3.05) is 14.2 Å². The fraction of sp³-hybridized carbons (Fsp3) is 0.417. The Bertz CT molecular complexity index is 422. The molecule has 6 heteroatoms. The fourth-order valence-electron chi connectivity index (χ4n) is 1.53. The molecule has 0 radical (unpaired) electrons. The van der Waals surface area contributed by atoms with Crippen molar-refractivity contribution in [1.29, 1.82) is 0 Å². The van der Waals surface area contributed by atoms with Crippen LogP contribution in [0.2, 0.25) is 0 Å². The van der Waals surface area contributed by atoms with Gasteiger partial charge < -0.3 is 33.3 Å². The molecule has 1 amide bonds. The predicted molar refractivity (Wildman–Crippen MR) is 63.7 cm³/mol. The lowest BCUT2D eigenvalue weighted by Crippen LogP contribution is -3.00. The SMILES string of the molecule is COc1ccc(CC(C)([NH3+])C(N)=O)cc1OC.[Cl-]. The Morgan fingerprint density at radius 1 is 1.33 bits per heavy atom. The van der Waals surface area contributed by atoms with Crippen LogP contribution in [0.15, 0.2) is 18.2 Å². The summed E-state index contributed by atoms with van der Waals surface area (Å²) in [5.74, 6) is 0.860. The molecule has 0 aromatic heterocycles. The zero-order valence-corrected chi connectivity index (χ0v) is 11.6. The van der Waals surface area contributed by atoms with Crippen molar-refractivity contribution in [2.24, 2.45) is 5.73 Å². The van der Waals surface area contributed by atoms with Crippen molar-refractivity contribution in [3.63, 3.8) is 0 Å². The molecule has 0 bridgehead atoms. The molecule has 1 unspecified atom stereocenters. The highest BCUT2D eigenvalue weighted by Crippen LogP contribution is 2.28. The third-order valence-electron chi connectivity index (χ3n) is 2.64. The molecule has 0 fully saturated rings. The van der Waals surface area contributed by atoms with Crippen molar-refractivity contribution in [3.05, 3.63) is 23.8 Å². The van der Waals surface area contributed by atoms with Gasteiger partial charge in [-0.05, 0) is 17.7 Å². The number of quaternary nitrogens is 1. The molecule has 0 heterocycles. The zero-order valence-electron chi connectivity index (χ0n) is 10.8. The van der Waals surface area contributed by atoms with Crippen LogP contribution < -0.4 is 33.3 Å². The molecule has 0 aliphatic carbocycles. The molecule has 0 spiro atoms. The van der Waals surface area contributed by atoms with E-state index in [0.29, 0.717) is 17.9 Å². The Morgan fingerprint density at radius 2 is 1.89 bits per heavy atom. The lowest BCUT2D eigenvalue weighted by molar-refractivity contribution is -0.451. The maximum atomic E-state index is 11.2. The monoisotopic (exact) mass is 274 g/mol. The van der Waals surface area contributed by atoms with E-state index in [4.69, 9.17) is 15.2 Å². The van der Waals surface area contributed by atoms with Crippen molar-refractivity contribution >= 4 is 5.91 Å². The van der Waals surface area contributed by atoms with E-state index in [9.17, 15) is 4.79 Å². The molecule has 0 saturated carbocycles. The van der Waals surface area contributed by atoms with E-state index >= 15 is 0 Å². The highest BCUT2D eigenvalue weighted by atomic mass is 35.5. The largest absolute Gasteiger partial charge is 1.00 e. The summed E-state index contributed by atoms with van der Waals surface area (Å²) in [5, 5.41) is 0. The number of amides is 1. The molecule has 0 saturated heterocycles. The van der Waals surface area contributed by atoms with Gasteiger partial charge in [0.05, 0.1) is 14.2 Å². The van der Waals surface area contributed by atoms with Crippen LogP contribution in [0.4, 0.5) is 0 Å². The number of nitrogens with two attached hydrogens (primary N) is 1. The quantitative estimate of drug-likeness (QED) is 0.591. The average molecular weight is 275 g/mol. The molecule has 0 aliphatic rings. The number of halogens is 1. The minimum absolute atomic E-state index is 0. The second-order valence-electron chi connectivity index (χ2n) is 4.29. The standard InChI is InChI=1S/C12H18N2O3.ClH/c1-12(14,11(13)15)7-8-4-5-9(16-2)10(6-8)17-3;/h4-6H,7,14H2,1-3H3,(H2,13,15);1H. The Balaban J connectivity index is 0.00000289. The maximum absolute atomic E-state index is 11.2. The summed E-state index contributed by atoms with van der Waals surface area (Å²) in [6.07, 6.45) is 0.461. The summed E-state index contributed by atoms with van der Waals surface area (Å²) < 4.78 is 10.3. The van der Waals surface area contributed by atoms with Gasteiger partial charge in [0.25, 0.3) is 5.91 Å². The fourth-order valence-corrected chi connectivity index (χ4v) is 1.53. The summed E-state index contributed by atoms with van der Waals surface area (Å²) >= 11 is 0. The second-order valence-corrected chi connectivity index (χ2v) is 4.29. The lowest BCUT2D eigenvalue weighted by atomic mass is 9.93. The van der Waals surface area contributed by atoms with Crippen LogP contribution in [-0.4, -0.2) is 25.7 Å². The van der Waals surface area contributed by atoms with Gasteiger partial charge in [-0.25, -0.2) is 0 Å². The van der Waals surface area contributed by atoms with Crippen molar-refractivity contribution in [2.45, 2.75) is 18.9 Å². The van der Waals surface area contributed by atoms with E-state index in [1.54, 1.807) is 27.2 Å². The lowest BCUT2D eigenvalue weighted by Gasteiger charge is -2.17. The van der Waals surface area contributed by atoms with Crippen LogP contribution in [0, 0.1) is 0 Å². The minimum Gasteiger partial charge on any atom is -1.00 e. The van der Waals surface area contributed by atoms with Crippen molar-refractivity contribution in [3.8, 4) is 11.5 Å². The van der Waals surface area contributed by atoms with E-state index in [0.717, 1.165) is 5.56 Å². The highest BCUT2D eigenvalue weighted by Gasteiger charge is 2.30. The molecule has 5 N–H and O–H groups in total. The third kappa shape index (κ3) is 3.78. The van der Waals surface area contributed by atoms with Gasteiger partial charge in [0.15, 0.2) is 17.0 Å². The maximum Gasteiger partial charge on any atom is 0.278 e. The summed E-state index contributed by atoms with van der Waals surface area (Å²) in [6, 6.07) is 5.49. The number of hydrogen-bond acceptors (Lipinski definition) is 3. The number of rotatable bonds is 5. The van der Waals surface area contributed by atoms with Gasteiger partial charge in [-0.15, -0.1) is 0 Å². The summed E-state index contributed by atoms with van der Waals surface area (Å²) in [6.45, 7) is 1.71. The van der Waals surface area contributed by atoms with Crippen LogP contribution >= 0.6 is 0 Å². The zero-order chi connectivity index (χ0) is 13.1. The van der Waals surface area contributed by atoms with Gasteiger partial charge in [0.2, 0.25) is 0 Å². The van der Waals surface area contributed by atoms with Crippen molar-refractivity contribution < 1.29 is 32.4 Å². The first-order valence-electron chi connectivity index (χ1n) is 5.27. The molecule has 18 heavy (non-hydrogen) atoms. The Kier molecular flexibility index (Phi) is 5.94. The highest BCUT2D eigenvalue weighted by molar-refractivity contribution is 5.82. The minimum atomic E-state index is -0.820. The summed E-state index contributed by atoms with van der Waals surface area (Å²) in [7, 11) is 3.14. The second kappa shape index (κ2) is 6.47. The van der Waals surface area contributed by atoms with Gasteiger partial charge in [-0.3, -0.25) is 4.79 Å². The Morgan fingerprint density at radius 3 is 2.33 bits per heavy atom. The molecule has 0 aliphatic heterocycles. The van der Waals surface area contributed by atoms with Crippen LogP contribution in [0.3, 0.4) is 0 Å². The first-order chi connectivity index (χ1) is 7.90. The van der Waals surface area contributed by atoms with Gasteiger partial charge >= 0.3 is 0 Å². The van der Waals surface area contributed by atoms with Crippen LogP contribution in [0.5, 0.6) is 11.5 Å². The van der Waals surface area contributed by atoms with Gasteiger partial charge in [-0.2, -0.15) is 0 Å². The van der Waals surface area contributed by atoms with E-state index in [1.165, 1.54) is 0 Å². The van der Waals surface area contributed by atoms with E-state index in [1.807, 2.05) is 12.1 Å². The molecule has 1 aromatic carbocycles. The molecule has 102 valence electrons. The Hall–Kier alpha value is -1.46. The van der Waals surface area contributed by atoms with Gasteiger partial charge in [0.1, 0.15) is 0 Å². The topological polar surface area (TPSA) is 89.2 Å². The first kappa shape index (κ1) is 16.5. The van der Waals surface area contributed by atoms with Crippen molar-refractivity contribution in [1.82, 2.24) is 0 Å². The number of methoxy groups -OCH3 is 2. The predicted octanol–water partition coefficient (Wildman–Crippen LogP) is -3.26. The normalized spacial score (nSPS) is 13.1. The van der Waals surface area contributed by atoms with Crippen LogP contribution in [-0.2, 0) is 11.2 Å². The van der Waals surface area contributed by atoms with Crippen LogP contribution in [0.1, 0.15) is 12.5 Å². The molecule has 1 aromatic rings. The van der Waals surface area contributed by atoms with E-state index in [2.05, 4.69) is 5.73 Å². The molecule has 1 atom stereocenters. The number of ether oxygens (including phenoxy) is 2. The molecular weight excluding hydrogens is 256 g/mol. The average Bonchev–Trinajstić information content (AvgIpc) is 2.28. The first-order valence-corrected chi connectivity index (χ1v) is 5.27. The van der Waals surface area contributed by atoms with E-state index in [-0.39, 0.29) is 12.4 Å². The summed E-state index contributed by atoms with van der Waals surface area (Å²) in [5.41, 5.74) is 9.21. The number of benzene rings is 1. The molecule has 5 nitrogen and oxygen atoms in total. The number of hydrogen-bond donors (Lipinski definition) is 2. The Labute approximate surface area is 113 Å². The number of carbonyl (C=O) groups is 1.